The highest BCUT2D eigenvalue weighted by Gasteiger charge is 2.32. The number of hydrogen-bond acceptors (Lipinski definition) is 2. The van der Waals surface area contributed by atoms with E-state index < -0.39 is 40.9 Å². The second-order valence-electron chi connectivity index (χ2n) is 6.69. The lowest BCUT2D eigenvalue weighted by atomic mass is 10.0. The van der Waals surface area contributed by atoms with Gasteiger partial charge in [-0.2, -0.15) is 13.2 Å². The summed E-state index contributed by atoms with van der Waals surface area (Å²) in [7, 11) is 0. The molecule has 0 saturated carbocycles. The summed E-state index contributed by atoms with van der Waals surface area (Å²) in [5.41, 5.74) is -1.39. The van der Waals surface area contributed by atoms with E-state index in [9.17, 15) is 31.5 Å². The van der Waals surface area contributed by atoms with E-state index in [0.717, 1.165) is 30.3 Å². The lowest BCUT2D eigenvalue weighted by Gasteiger charge is -2.26. The van der Waals surface area contributed by atoms with Crippen LogP contribution in [0.1, 0.15) is 40.4 Å². The number of benzene rings is 2. The molecule has 1 N–H and O–H groups in total. The molecule has 1 saturated heterocycles. The first kappa shape index (κ1) is 20.8. The Morgan fingerprint density at radius 3 is 2.52 bits per heavy atom. The molecule has 4 nitrogen and oxygen atoms in total. The fourth-order valence-electron chi connectivity index (χ4n) is 3.20. The zero-order valence-electron chi connectivity index (χ0n) is 15.1. The summed E-state index contributed by atoms with van der Waals surface area (Å²) in [6.45, 7) is 0.321. The Morgan fingerprint density at radius 1 is 1.14 bits per heavy atom. The average Bonchev–Trinajstić information content (AvgIpc) is 3.07. The molecular formula is C20H17F5N2O2. The molecule has 3 rings (SSSR count). The van der Waals surface area contributed by atoms with Crippen molar-refractivity contribution in [2.24, 2.45) is 0 Å². The molecule has 0 spiro atoms. The molecular weight excluding hydrogens is 395 g/mol. The van der Waals surface area contributed by atoms with Crippen molar-refractivity contribution in [1.29, 1.82) is 0 Å². The van der Waals surface area contributed by atoms with Gasteiger partial charge in [-0.15, -0.1) is 0 Å². The summed E-state index contributed by atoms with van der Waals surface area (Å²) in [5, 5.41) is 2.44. The zero-order chi connectivity index (χ0) is 21.2. The molecule has 1 atom stereocenters. The van der Waals surface area contributed by atoms with Crippen molar-refractivity contribution in [3.05, 3.63) is 70.8 Å². The fourth-order valence-corrected chi connectivity index (χ4v) is 3.20. The van der Waals surface area contributed by atoms with Crippen molar-refractivity contribution < 1.29 is 31.5 Å². The van der Waals surface area contributed by atoms with Crippen LogP contribution in [-0.4, -0.2) is 29.8 Å². The van der Waals surface area contributed by atoms with Crippen molar-refractivity contribution in [3.8, 4) is 0 Å². The molecule has 1 unspecified atom stereocenters. The Hall–Kier alpha value is -2.97. The summed E-state index contributed by atoms with van der Waals surface area (Å²) in [4.78, 5) is 25.9. The van der Waals surface area contributed by atoms with Gasteiger partial charge in [0.1, 0.15) is 0 Å². The van der Waals surface area contributed by atoms with Crippen LogP contribution in [0.2, 0.25) is 0 Å². The Morgan fingerprint density at radius 2 is 1.86 bits per heavy atom. The van der Waals surface area contributed by atoms with E-state index in [-0.39, 0.29) is 18.0 Å². The molecule has 0 aromatic heterocycles. The molecule has 9 heteroatoms. The fraction of sp³-hybridized carbons (Fsp3) is 0.300. The molecule has 0 bridgehead atoms. The van der Waals surface area contributed by atoms with Crippen molar-refractivity contribution >= 4 is 11.8 Å². The first-order valence-electron chi connectivity index (χ1n) is 8.86. The zero-order valence-corrected chi connectivity index (χ0v) is 15.1. The topological polar surface area (TPSA) is 49.4 Å². The SMILES string of the molecule is O=C(NC(CN1CCCC1=O)c1cccc(C(F)(F)F)c1)c1cccc(F)c1F. The van der Waals surface area contributed by atoms with Gasteiger partial charge >= 0.3 is 6.18 Å². The van der Waals surface area contributed by atoms with Crippen LogP contribution in [0.4, 0.5) is 22.0 Å². The molecule has 2 aromatic rings. The maximum atomic E-state index is 13.9. The first-order chi connectivity index (χ1) is 13.7. The molecule has 2 aromatic carbocycles. The molecule has 29 heavy (non-hydrogen) atoms. The number of likely N-dealkylation sites (tertiary alicyclic amines) is 1. The third-order valence-electron chi connectivity index (χ3n) is 4.69. The highest BCUT2D eigenvalue weighted by molar-refractivity contribution is 5.94. The molecule has 1 aliphatic heterocycles. The average molecular weight is 412 g/mol. The van der Waals surface area contributed by atoms with Crippen LogP contribution in [0, 0.1) is 11.6 Å². The molecule has 0 radical (unpaired) electrons. The maximum absolute atomic E-state index is 13.9. The van der Waals surface area contributed by atoms with E-state index in [1.807, 2.05) is 0 Å². The largest absolute Gasteiger partial charge is 0.416 e. The van der Waals surface area contributed by atoms with Crippen molar-refractivity contribution in [1.82, 2.24) is 10.2 Å². The number of amides is 2. The number of carbonyl (C=O) groups is 2. The van der Waals surface area contributed by atoms with Crippen LogP contribution >= 0.6 is 0 Å². The summed E-state index contributed by atoms with van der Waals surface area (Å²) in [5.74, 6) is -3.75. The molecule has 154 valence electrons. The predicted molar refractivity (Wildman–Crippen MR) is 93.8 cm³/mol. The van der Waals surface area contributed by atoms with Gasteiger partial charge in [0, 0.05) is 19.5 Å². The van der Waals surface area contributed by atoms with Gasteiger partial charge < -0.3 is 10.2 Å². The first-order valence-corrected chi connectivity index (χ1v) is 8.86. The van der Waals surface area contributed by atoms with Crippen LogP contribution in [0.25, 0.3) is 0 Å². The maximum Gasteiger partial charge on any atom is 0.416 e. The second-order valence-corrected chi connectivity index (χ2v) is 6.69. The number of nitrogens with zero attached hydrogens (tertiary/aromatic N) is 1. The Bertz CT molecular complexity index is 929. The second kappa shape index (κ2) is 8.18. The van der Waals surface area contributed by atoms with Crippen molar-refractivity contribution in [3.63, 3.8) is 0 Å². The highest BCUT2D eigenvalue weighted by Crippen LogP contribution is 2.31. The molecule has 1 aliphatic rings. The van der Waals surface area contributed by atoms with E-state index in [1.54, 1.807) is 0 Å². The molecule has 1 fully saturated rings. The quantitative estimate of drug-likeness (QED) is 0.753. The molecule has 0 aliphatic carbocycles. The van der Waals surface area contributed by atoms with Crippen LogP contribution < -0.4 is 5.32 Å². The monoisotopic (exact) mass is 412 g/mol. The van der Waals surface area contributed by atoms with Gasteiger partial charge in [0.05, 0.1) is 17.2 Å². The lowest BCUT2D eigenvalue weighted by molar-refractivity contribution is -0.137. The smallest absolute Gasteiger partial charge is 0.343 e. The van der Waals surface area contributed by atoms with Crippen LogP contribution in [0.3, 0.4) is 0 Å². The molecule has 2 amide bonds. The number of hydrogen-bond donors (Lipinski definition) is 1. The lowest BCUT2D eigenvalue weighted by Crippen LogP contribution is -2.39. The van der Waals surface area contributed by atoms with Gasteiger partial charge in [-0.1, -0.05) is 18.2 Å². The summed E-state index contributed by atoms with van der Waals surface area (Å²) in [6, 6.07) is 6.35. The highest BCUT2D eigenvalue weighted by atomic mass is 19.4. The molecule has 1 heterocycles. The third kappa shape index (κ3) is 4.72. The van der Waals surface area contributed by atoms with E-state index in [1.165, 1.54) is 17.0 Å². The van der Waals surface area contributed by atoms with E-state index in [4.69, 9.17) is 0 Å². The Balaban J connectivity index is 1.92. The van der Waals surface area contributed by atoms with Gasteiger partial charge in [0.15, 0.2) is 11.6 Å². The summed E-state index contributed by atoms with van der Waals surface area (Å²) >= 11 is 0. The number of carbonyl (C=O) groups excluding carboxylic acids is 2. The Kier molecular flexibility index (Phi) is 5.86. The van der Waals surface area contributed by atoms with Crippen LogP contribution in [-0.2, 0) is 11.0 Å². The number of halogens is 5. The number of rotatable bonds is 5. The minimum atomic E-state index is -4.59. The van der Waals surface area contributed by atoms with Crippen LogP contribution in [0.5, 0.6) is 0 Å². The minimum Gasteiger partial charge on any atom is -0.343 e. The van der Waals surface area contributed by atoms with Crippen molar-refractivity contribution in [2.75, 3.05) is 13.1 Å². The van der Waals surface area contributed by atoms with Gasteiger partial charge in [0.2, 0.25) is 5.91 Å². The summed E-state index contributed by atoms with van der Waals surface area (Å²) in [6.07, 6.45) is -3.69. The summed E-state index contributed by atoms with van der Waals surface area (Å²) < 4.78 is 66.6. The third-order valence-corrected chi connectivity index (χ3v) is 4.69. The number of nitrogens with one attached hydrogen (secondary N) is 1. The number of alkyl halides is 3. The van der Waals surface area contributed by atoms with Crippen LogP contribution in [0.15, 0.2) is 42.5 Å². The van der Waals surface area contributed by atoms with E-state index in [0.29, 0.717) is 19.4 Å². The van der Waals surface area contributed by atoms with Gasteiger partial charge in [0.25, 0.3) is 5.91 Å². The van der Waals surface area contributed by atoms with E-state index >= 15 is 0 Å². The standard InChI is InChI=1S/C20H17F5N2O2/c21-15-7-2-6-14(18(15)22)19(29)26-16(11-27-9-3-8-17(27)28)12-4-1-5-13(10-12)20(23,24)25/h1-2,4-7,10,16H,3,8-9,11H2,(H,26,29). The predicted octanol–water partition coefficient (Wildman–Crippen LogP) is 4.08. The van der Waals surface area contributed by atoms with Gasteiger partial charge in [-0.05, 0) is 36.2 Å². The minimum absolute atomic E-state index is 0.0805. The normalized spacial score (nSPS) is 15.5. The van der Waals surface area contributed by atoms with Gasteiger partial charge in [-0.3, -0.25) is 9.59 Å². The van der Waals surface area contributed by atoms with E-state index in [2.05, 4.69) is 5.32 Å². The van der Waals surface area contributed by atoms with Gasteiger partial charge in [-0.25, -0.2) is 8.78 Å². The van der Waals surface area contributed by atoms with Crippen molar-refractivity contribution in [2.45, 2.75) is 25.1 Å². The Labute approximate surface area is 163 Å².